The molecule has 4 heteroatoms. The third-order valence-electron chi connectivity index (χ3n) is 4.31. The van der Waals surface area contributed by atoms with Gasteiger partial charge in [-0.05, 0) is 38.0 Å². The first-order chi connectivity index (χ1) is 12.0. The molecule has 2 aromatic rings. The second-order valence-corrected chi connectivity index (χ2v) is 6.69. The monoisotopic (exact) mass is 339 g/mol. The maximum Gasteiger partial charge on any atom is 0.254 e. The van der Waals surface area contributed by atoms with E-state index < -0.39 is 0 Å². The largest absolute Gasteiger partial charge is 0.360 e. The van der Waals surface area contributed by atoms with E-state index in [1.54, 1.807) is 12.3 Å². The van der Waals surface area contributed by atoms with Crippen molar-refractivity contribution in [1.29, 1.82) is 0 Å². The average molecular weight is 339 g/mol. The molecule has 0 aliphatic carbocycles. The summed E-state index contributed by atoms with van der Waals surface area (Å²) in [5.41, 5.74) is 1.83. The van der Waals surface area contributed by atoms with E-state index in [4.69, 9.17) is 0 Å². The van der Waals surface area contributed by atoms with Gasteiger partial charge in [-0.2, -0.15) is 0 Å². The number of nitrogens with zero attached hydrogens (tertiary/aromatic N) is 3. The second-order valence-electron chi connectivity index (χ2n) is 6.69. The number of pyridine rings is 1. The Hall–Kier alpha value is -2.36. The van der Waals surface area contributed by atoms with Crippen molar-refractivity contribution in [1.82, 2.24) is 9.88 Å². The highest BCUT2D eigenvalue weighted by Gasteiger charge is 2.20. The summed E-state index contributed by atoms with van der Waals surface area (Å²) in [6, 6.07) is 13.9. The first-order valence-corrected chi connectivity index (χ1v) is 9.05. The van der Waals surface area contributed by atoms with Gasteiger partial charge in [0.15, 0.2) is 0 Å². The number of hydrogen-bond acceptors (Lipinski definition) is 3. The normalized spacial score (nSPS) is 10.8. The highest BCUT2D eigenvalue weighted by molar-refractivity contribution is 5.95. The quantitative estimate of drug-likeness (QED) is 0.716. The van der Waals surface area contributed by atoms with Crippen molar-refractivity contribution in [3.05, 3.63) is 59.8 Å². The first kappa shape index (κ1) is 19.0. The lowest BCUT2D eigenvalue weighted by Crippen LogP contribution is -2.36. The van der Waals surface area contributed by atoms with Crippen LogP contribution in [0.25, 0.3) is 0 Å². The van der Waals surface area contributed by atoms with E-state index >= 15 is 0 Å². The molecule has 25 heavy (non-hydrogen) atoms. The Balaban J connectivity index is 2.18. The predicted octanol–water partition coefficient (Wildman–Crippen LogP) is 4.37. The van der Waals surface area contributed by atoms with E-state index in [0.717, 1.165) is 30.8 Å². The Kier molecular flexibility index (Phi) is 6.99. The number of amides is 1. The van der Waals surface area contributed by atoms with Crippen LogP contribution >= 0.6 is 0 Å². The number of hydrogen-bond donors (Lipinski definition) is 0. The van der Waals surface area contributed by atoms with E-state index in [1.807, 2.05) is 36.2 Å². The molecule has 1 aromatic carbocycles. The van der Waals surface area contributed by atoms with Crippen LogP contribution in [0, 0.1) is 0 Å². The maximum absolute atomic E-state index is 13.1. The van der Waals surface area contributed by atoms with Crippen LogP contribution in [-0.4, -0.2) is 35.4 Å². The Labute approximate surface area is 151 Å². The fourth-order valence-corrected chi connectivity index (χ4v) is 2.70. The van der Waals surface area contributed by atoms with Crippen molar-refractivity contribution >= 4 is 11.7 Å². The van der Waals surface area contributed by atoms with Gasteiger partial charge in [0.25, 0.3) is 5.91 Å². The first-order valence-electron chi connectivity index (χ1n) is 9.05. The molecule has 0 fully saturated rings. The second kappa shape index (κ2) is 9.21. The molecule has 1 aromatic heterocycles. The van der Waals surface area contributed by atoms with Gasteiger partial charge >= 0.3 is 0 Å². The molecule has 2 rings (SSSR count). The van der Waals surface area contributed by atoms with Crippen LogP contribution in [0.1, 0.15) is 49.5 Å². The minimum absolute atomic E-state index is 0.0476. The van der Waals surface area contributed by atoms with Gasteiger partial charge < -0.3 is 9.80 Å². The summed E-state index contributed by atoms with van der Waals surface area (Å²) in [5.74, 6) is 0.897. The van der Waals surface area contributed by atoms with Crippen LogP contribution in [0.3, 0.4) is 0 Å². The fourth-order valence-electron chi connectivity index (χ4n) is 2.70. The Morgan fingerprint density at radius 1 is 1.16 bits per heavy atom. The summed E-state index contributed by atoms with van der Waals surface area (Å²) in [6.07, 6.45) is 3.98. The van der Waals surface area contributed by atoms with Crippen LogP contribution in [0.4, 0.5) is 5.82 Å². The van der Waals surface area contributed by atoms with Crippen LogP contribution in [0.2, 0.25) is 0 Å². The third kappa shape index (κ3) is 5.31. The van der Waals surface area contributed by atoms with Gasteiger partial charge in [-0.25, -0.2) is 4.98 Å². The van der Waals surface area contributed by atoms with E-state index in [-0.39, 0.29) is 11.9 Å². The summed E-state index contributed by atoms with van der Waals surface area (Å²) >= 11 is 0. The minimum Gasteiger partial charge on any atom is -0.360 e. The molecular formula is C21H29N3O. The molecule has 0 spiro atoms. The highest BCUT2D eigenvalue weighted by atomic mass is 16.2. The van der Waals surface area contributed by atoms with E-state index in [9.17, 15) is 4.79 Å². The summed E-state index contributed by atoms with van der Waals surface area (Å²) in [4.78, 5) is 21.5. The lowest BCUT2D eigenvalue weighted by atomic mass is 10.1. The van der Waals surface area contributed by atoms with Crippen molar-refractivity contribution < 1.29 is 4.79 Å². The molecular weight excluding hydrogens is 310 g/mol. The number of aromatic nitrogens is 1. The third-order valence-corrected chi connectivity index (χ3v) is 4.31. The Morgan fingerprint density at radius 2 is 1.88 bits per heavy atom. The standard InChI is InChI=1S/C21H29N3O/c1-5-6-14-23(4)20-15-19(12-13-22-20)21(25)24(17(2)3)16-18-10-8-7-9-11-18/h7-13,15,17H,5-6,14,16H2,1-4H3. The zero-order chi connectivity index (χ0) is 18.2. The summed E-state index contributed by atoms with van der Waals surface area (Å²) in [7, 11) is 2.02. The van der Waals surface area contributed by atoms with Gasteiger partial charge in [-0.15, -0.1) is 0 Å². The van der Waals surface area contributed by atoms with E-state index in [0.29, 0.717) is 12.1 Å². The van der Waals surface area contributed by atoms with E-state index in [2.05, 4.69) is 42.8 Å². The fraction of sp³-hybridized carbons (Fsp3) is 0.429. The molecule has 134 valence electrons. The predicted molar refractivity (Wildman–Crippen MR) is 104 cm³/mol. The Bertz CT molecular complexity index is 670. The van der Waals surface area contributed by atoms with Crippen LogP contribution in [-0.2, 0) is 6.54 Å². The van der Waals surface area contributed by atoms with Gasteiger partial charge in [-0.1, -0.05) is 43.7 Å². The summed E-state index contributed by atoms with van der Waals surface area (Å²) in [6.45, 7) is 7.83. The van der Waals surface area contributed by atoms with Gasteiger partial charge in [0.1, 0.15) is 5.82 Å². The van der Waals surface area contributed by atoms with Crippen molar-refractivity contribution in [2.24, 2.45) is 0 Å². The minimum atomic E-state index is 0.0476. The van der Waals surface area contributed by atoms with Gasteiger partial charge in [0.2, 0.25) is 0 Å². The van der Waals surface area contributed by atoms with Crippen molar-refractivity contribution in [2.45, 2.75) is 46.2 Å². The number of carbonyl (C=O) groups excluding carboxylic acids is 1. The van der Waals surface area contributed by atoms with Crippen molar-refractivity contribution in [2.75, 3.05) is 18.5 Å². The maximum atomic E-state index is 13.1. The summed E-state index contributed by atoms with van der Waals surface area (Å²) < 4.78 is 0. The molecule has 0 unspecified atom stereocenters. The Morgan fingerprint density at radius 3 is 2.52 bits per heavy atom. The number of carbonyl (C=O) groups is 1. The van der Waals surface area contributed by atoms with Crippen LogP contribution in [0.15, 0.2) is 48.7 Å². The molecule has 1 amide bonds. The molecule has 0 N–H and O–H groups in total. The SMILES string of the molecule is CCCCN(C)c1cc(C(=O)N(Cc2ccccc2)C(C)C)ccn1. The lowest BCUT2D eigenvalue weighted by molar-refractivity contribution is 0.0690. The van der Waals surface area contributed by atoms with Crippen LogP contribution < -0.4 is 4.90 Å². The van der Waals surface area contributed by atoms with Crippen molar-refractivity contribution in [3.8, 4) is 0 Å². The van der Waals surface area contributed by atoms with E-state index in [1.165, 1.54) is 0 Å². The molecule has 0 atom stereocenters. The molecule has 0 saturated carbocycles. The molecule has 0 bridgehead atoms. The highest BCUT2D eigenvalue weighted by Crippen LogP contribution is 2.17. The lowest BCUT2D eigenvalue weighted by Gasteiger charge is -2.27. The van der Waals surface area contributed by atoms with Crippen LogP contribution in [0.5, 0.6) is 0 Å². The number of anilines is 1. The number of benzene rings is 1. The molecule has 0 aliphatic rings. The van der Waals surface area contributed by atoms with Gasteiger partial charge in [0, 0.05) is 37.9 Å². The molecule has 0 aliphatic heterocycles. The van der Waals surface area contributed by atoms with Gasteiger partial charge in [-0.3, -0.25) is 4.79 Å². The molecule has 4 nitrogen and oxygen atoms in total. The molecule has 0 saturated heterocycles. The zero-order valence-corrected chi connectivity index (χ0v) is 15.8. The number of unbranched alkanes of at least 4 members (excludes halogenated alkanes) is 1. The smallest absolute Gasteiger partial charge is 0.254 e. The molecule has 1 heterocycles. The topological polar surface area (TPSA) is 36.4 Å². The van der Waals surface area contributed by atoms with Gasteiger partial charge in [0.05, 0.1) is 0 Å². The molecule has 0 radical (unpaired) electrons. The summed E-state index contributed by atoms with van der Waals surface area (Å²) in [5, 5.41) is 0. The average Bonchev–Trinajstić information content (AvgIpc) is 2.64. The van der Waals surface area contributed by atoms with Crippen molar-refractivity contribution in [3.63, 3.8) is 0 Å². The zero-order valence-electron chi connectivity index (χ0n) is 15.8. The number of rotatable bonds is 8.